The zero-order valence-electron chi connectivity index (χ0n) is 10.5. The predicted octanol–water partition coefficient (Wildman–Crippen LogP) is 2.22. The molecule has 1 aliphatic heterocycles. The summed E-state index contributed by atoms with van der Waals surface area (Å²) in [6.45, 7) is 6.32. The van der Waals surface area contributed by atoms with Crippen molar-refractivity contribution in [1.29, 1.82) is 0 Å². The first-order chi connectivity index (χ1) is 7.74. The highest BCUT2D eigenvalue weighted by molar-refractivity contribution is 7.99. The second-order valence-corrected chi connectivity index (χ2v) is 6.95. The number of aliphatic hydroxyl groups is 1. The Hall–Kier alpha value is 0.270. The lowest BCUT2D eigenvalue weighted by Crippen LogP contribution is -2.45. The van der Waals surface area contributed by atoms with Gasteiger partial charge in [0, 0.05) is 43.2 Å². The van der Waals surface area contributed by atoms with Crippen LogP contribution in [0.5, 0.6) is 0 Å². The standard InChI is InChI=1S/C13H25NOS/c1-12-2-4-13(11-15,5-3-12)10-14-6-8-16-9-7-14/h12,15H,2-11H2,1H3. The van der Waals surface area contributed by atoms with Gasteiger partial charge in [-0.05, 0) is 18.8 Å². The largest absolute Gasteiger partial charge is 0.396 e. The molecule has 2 rings (SSSR count). The summed E-state index contributed by atoms with van der Waals surface area (Å²) >= 11 is 2.06. The number of thioether (sulfide) groups is 1. The van der Waals surface area contributed by atoms with Gasteiger partial charge in [0.25, 0.3) is 0 Å². The fourth-order valence-corrected chi connectivity index (χ4v) is 3.95. The van der Waals surface area contributed by atoms with Crippen LogP contribution in [0.15, 0.2) is 0 Å². The average molecular weight is 243 g/mol. The third-order valence-electron chi connectivity index (χ3n) is 4.33. The Balaban J connectivity index is 1.88. The van der Waals surface area contributed by atoms with E-state index in [0.717, 1.165) is 12.5 Å². The summed E-state index contributed by atoms with van der Waals surface area (Å²) in [5.74, 6) is 3.42. The summed E-state index contributed by atoms with van der Waals surface area (Å²) in [6.07, 6.45) is 5.08. The first kappa shape index (κ1) is 12.7. The van der Waals surface area contributed by atoms with Gasteiger partial charge in [-0.15, -0.1) is 0 Å². The summed E-state index contributed by atoms with van der Waals surface area (Å²) in [4.78, 5) is 2.57. The van der Waals surface area contributed by atoms with E-state index in [4.69, 9.17) is 0 Å². The monoisotopic (exact) mass is 243 g/mol. The highest BCUT2D eigenvalue weighted by atomic mass is 32.2. The summed E-state index contributed by atoms with van der Waals surface area (Å²) in [5.41, 5.74) is 0.231. The van der Waals surface area contributed by atoms with Crippen LogP contribution in [0.1, 0.15) is 32.6 Å². The maximum Gasteiger partial charge on any atom is 0.0499 e. The molecule has 0 bridgehead atoms. The van der Waals surface area contributed by atoms with Crippen molar-refractivity contribution in [3.05, 3.63) is 0 Å². The average Bonchev–Trinajstić information content (AvgIpc) is 2.34. The van der Waals surface area contributed by atoms with Crippen molar-refractivity contribution in [2.45, 2.75) is 32.6 Å². The molecule has 16 heavy (non-hydrogen) atoms. The molecule has 0 unspecified atom stereocenters. The molecule has 2 nitrogen and oxygen atoms in total. The van der Waals surface area contributed by atoms with Crippen LogP contribution in [0.25, 0.3) is 0 Å². The minimum Gasteiger partial charge on any atom is -0.396 e. The van der Waals surface area contributed by atoms with Gasteiger partial charge < -0.3 is 10.0 Å². The Bertz CT molecular complexity index is 208. The SMILES string of the molecule is CC1CCC(CO)(CN2CCSCC2)CC1. The molecule has 0 atom stereocenters. The molecule has 0 aromatic heterocycles. The molecular weight excluding hydrogens is 218 g/mol. The Kier molecular flexibility index (Phi) is 4.57. The van der Waals surface area contributed by atoms with E-state index in [1.165, 1.54) is 50.3 Å². The van der Waals surface area contributed by atoms with Crippen molar-refractivity contribution >= 4 is 11.8 Å². The van der Waals surface area contributed by atoms with Gasteiger partial charge in [-0.1, -0.05) is 19.8 Å². The van der Waals surface area contributed by atoms with E-state index in [-0.39, 0.29) is 5.41 Å². The van der Waals surface area contributed by atoms with E-state index >= 15 is 0 Å². The lowest BCUT2D eigenvalue weighted by Gasteiger charge is -2.42. The van der Waals surface area contributed by atoms with Gasteiger partial charge in [0.1, 0.15) is 0 Å². The molecule has 1 heterocycles. The smallest absolute Gasteiger partial charge is 0.0499 e. The van der Waals surface area contributed by atoms with Crippen LogP contribution in [0, 0.1) is 11.3 Å². The fraction of sp³-hybridized carbons (Fsp3) is 1.00. The molecular formula is C13H25NOS. The van der Waals surface area contributed by atoms with Crippen molar-refractivity contribution in [3.63, 3.8) is 0 Å². The van der Waals surface area contributed by atoms with E-state index in [1.807, 2.05) is 0 Å². The molecule has 0 radical (unpaired) electrons. The molecule has 0 spiro atoms. The molecule has 1 N–H and O–H groups in total. The quantitative estimate of drug-likeness (QED) is 0.822. The van der Waals surface area contributed by atoms with Crippen molar-refractivity contribution in [2.75, 3.05) is 37.7 Å². The van der Waals surface area contributed by atoms with Crippen LogP contribution >= 0.6 is 11.8 Å². The minimum atomic E-state index is 0.231. The Morgan fingerprint density at radius 2 is 1.88 bits per heavy atom. The minimum absolute atomic E-state index is 0.231. The van der Waals surface area contributed by atoms with E-state index in [2.05, 4.69) is 23.6 Å². The summed E-state index contributed by atoms with van der Waals surface area (Å²) in [6, 6.07) is 0. The molecule has 1 aliphatic carbocycles. The normalized spacial score (nSPS) is 37.5. The van der Waals surface area contributed by atoms with Gasteiger partial charge in [-0.3, -0.25) is 0 Å². The van der Waals surface area contributed by atoms with Gasteiger partial charge in [0.05, 0.1) is 0 Å². The molecule has 1 saturated carbocycles. The van der Waals surface area contributed by atoms with Gasteiger partial charge in [0.15, 0.2) is 0 Å². The summed E-state index contributed by atoms with van der Waals surface area (Å²) in [5, 5.41) is 9.73. The molecule has 94 valence electrons. The first-order valence-corrected chi connectivity index (χ1v) is 7.81. The third kappa shape index (κ3) is 3.14. The maximum atomic E-state index is 9.73. The van der Waals surface area contributed by atoms with E-state index in [9.17, 15) is 5.11 Å². The lowest BCUT2D eigenvalue weighted by atomic mass is 9.71. The maximum absolute atomic E-state index is 9.73. The van der Waals surface area contributed by atoms with Crippen molar-refractivity contribution in [1.82, 2.24) is 4.90 Å². The van der Waals surface area contributed by atoms with E-state index < -0.39 is 0 Å². The number of aliphatic hydroxyl groups excluding tert-OH is 1. The number of nitrogens with zero attached hydrogens (tertiary/aromatic N) is 1. The Labute approximate surface area is 104 Å². The Morgan fingerprint density at radius 3 is 2.44 bits per heavy atom. The van der Waals surface area contributed by atoms with Crippen molar-refractivity contribution in [3.8, 4) is 0 Å². The molecule has 2 aliphatic rings. The molecule has 0 aromatic carbocycles. The molecule has 2 fully saturated rings. The fourth-order valence-electron chi connectivity index (χ4n) is 2.97. The first-order valence-electron chi connectivity index (χ1n) is 6.65. The molecule has 0 aromatic rings. The van der Waals surface area contributed by atoms with Crippen LogP contribution in [0.3, 0.4) is 0 Å². The highest BCUT2D eigenvalue weighted by Gasteiger charge is 2.35. The molecule has 0 amide bonds. The van der Waals surface area contributed by atoms with Crippen LogP contribution in [-0.4, -0.2) is 47.8 Å². The van der Waals surface area contributed by atoms with Crippen molar-refractivity contribution in [2.24, 2.45) is 11.3 Å². The van der Waals surface area contributed by atoms with Crippen LogP contribution in [0.2, 0.25) is 0 Å². The summed E-state index contributed by atoms with van der Waals surface area (Å²) in [7, 11) is 0. The van der Waals surface area contributed by atoms with Crippen LogP contribution in [-0.2, 0) is 0 Å². The topological polar surface area (TPSA) is 23.5 Å². The number of hydrogen-bond acceptors (Lipinski definition) is 3. The van der Waals surface area contributed by atoms with Crippen molar-refractivity contribution < 1.29 is 5.11 Å². The predicted molar refractivity (Wildman–Crippen MR) is 70.9 cm³/mol. The second kappa shape index (κ2) is 5.74. The van der Waals surface area contributed by atoms with Gasteiger partial charge in [0.2, 0.25) is 0 Å². The number of rotatable bonds is 3. The molecule has 1 saturated heterocycles. The Morgan fingerprint density at radius 1 is 1.25 bits per heavy atom. The zero-order chi connectivity index (χ0) is 11.4. The van der Waals surface area contributed by atoms with Gasteiger partial charge in [-0.2, -0.15) is 11.8 Å². The second-order valence-electron chi connectivity index (χ2n) is 5.73. The van der Waals surface area contributed by atoms with Crippen LogP contribution < -0.4 is 0 Å². The van der Waals surface area contributed by atoms with E-state index in [1.54, 1.807) is 0 Å². The zero-order valence-corrected chi connectivity index (χ0v) is 11.3. The van der Waals surface area contributed by atoms with Gasteiger partial charge in [-0.25, -0.2) is 0 Å². The molecule has 3 heteroatoms. The van der Waals surface area contributed by atoms with Crippen LogP contribution in [0.4, 0.5) is 0 Å². The lowest BCUT2D eigenvalue weighted by molar-refractivity contribution is 0.0322. The van der Waals surface area contributed by atoms with E-state index in [0.29, 0.717) is 6.61 Å². The number of hydrogen-bond donors (Lipinski definition) is 1. The highest BCUT2D eigenvalue weighted by Crippen LogP contribution is 2.39. The third-order valence-corrected chi connectivity index (χ3v) is 5.28. The summed E-state index contributed by atoms with van der Waals surface area (Å²) < 4.78 is 0. The van der Waals surface area contributed by atoms with Gasteiger partial charge >= 0.3 is 0 Å².